The number of nitrogens with two attached hydrogens (primary N) is 2. The Morgan fingerprint density at radius 1 is 0.404 bits per heavy atom. The highest BCUT2D eigenvalue weighted by atomic mass is 16.6. The highest BCUT2D eigenvalue weighted by molar-refractivity contribution is 6.07. The Balaban J connectivity index is 0.000000161. The van der Waals surface area contributed by atoms with E-state index in [-0.39, 0.29) is 23.2 Å². The third kappa shape index (κ3) is 21.4. The fourth-order valence-electron chi connectivity index (χ4n) is 10.4. The average Bonchev–Trinajstić information content (AvgIpc) is 1.76. The lowest BCUT2D eigenvalue weighted by atomic mass is 10.1. The molecule has 4 amide bonds. The molecule has 26 nitrogen and oxygen atoms in total. The van der Waals surface area contributed by atoms with E-state index in [1.807, 2.05) is 60.7 Å². The number of amides is 4. The number of hydrogen-bond acceptors (Lipinski definition) is 21. The van der Waals surface area contributed by atoms with Crippen LogP contribution in [-0.4, -0.2) is 176 Å². The number of carboxylic acids is 1. The summed E-state index contributed by atoms with van der Waals surface area (Å²) in [6, 6.07) is 32.4. The Labute approximate surface area is 575 Å². The maximum absolute atomic E-state index is 13.1. The van der Waals surface area contributed by atoms with E-state index < -0.39 is 29.4 Å². The van der Waals surface area contributed by atoms with Gasteiger partial charge in [-0.3, -0.25) is 20.2 Å². The lowest BCUT2D eigenvalue weighted by Gasteiger charge is -2.33. The molecule has 3 fully saturated rings. The van der Waals surface area contributed by atoms with Crippen molar-refractivity contribution >= 4 is 81.2 Å². The van der Waals surface area contributed by atoms with E-state index in [1.54, 1.807) is 146 Å². The van der Waals surface area contributed by atoms with Crippen molar-refractivity contribution in [2.45, 2.75) is 52.7 Å². The molecule has 0 atom stereocenters. The second-order valence-electron chi connectivity index (χ2n) is 25.9. The predicted octanol–water partition coefficient (Wildman–Crippen LogP) is 12.0. The second-order valence-corrected chi connectivity index (χ2v) is 25.9. The summed E-state index contributed by atoms with van der Waals surface area (Å²) >= 11 is 0. The summed E-state index contributed by atoms with van der Waals surface area (Å²) < 4.78 is 25.9. The van der Waals surface area contributed by atoms with E-state index in [0.29, 0.717) is 39.8 Å². The summed E-state index contributed by atoms with van der Waals surface area (Å²) in [7, 11) is 6.33. The molecule has 3 aromatic carbocycles. The highest BCUT2D eigenvalue weighted by Crippen LogP contribution is 2.33. The van der Waals surface area contributed by atoms with Crippen molar-refractivity contribution in [1.29, 1.82) is 0 Å². The molecule has 26 heteroatoms. The van der Waals surface area contributed by atoms with E-state index in [4.69, 9.17) is 39.3 Å². The van der Waals surface area contributed by atoms with Crippen LogP contribution in [0.5, 0.6) is 0 Å². The third-order valence-electron chi connectivity index (χ3n) is 16.0. The van der Waals surface area contributed by atoms with Crippen LogP contribution in [0, 0.1) is 0 Å². The van der Waals surface area contributed by atoms with Crippen molar-refractivity contribution in [3.63, 3.8) is 0 Å². The van der Waals surface area contributed by atoms with Crippen molar-refractivity contribution in [2.24, 2.45) is 0 Å². The number of benzene rings is 3. The molecule has 99 heavy (non-hydrogen) atoms. The number of nitrogens with zero attached hydrogens (tertiary/aromatic N) is 9. The molecular formula is C73H87N15O11. The molecule has 3 aliphatic heterocycles. The molecule has 0 saturated carbocycles. The van der Waals surface area contributed by atoms with Gasteiger partial charge in [0.15, 0.2) is 0 Å². The van der Waals surface area contributed by atoms with Gasteiger partial charge in [0.1, 0.15) is 28.3 Å². The molecule has 3 aliphatic rings. The highest BCUT2D eigenvalue weighted by Gasteiger charge is 2.23. The monoisotopic (exact) mass is 1350 g/mol. The standard InChI is InChI=1S/C26H31N5O4.C21H23N5O2.C15H18N2O3.C11H15N3O2/c1-26(2,3)35-25(33)29-21-7-5-18(19-9-14-34-17-19)15-23(21)28-24(32)22-8-6-20(16-27-22)31-12-10-30(4)11-13-31;1-25-7-9-26(10-8-25)17-3-5-19(23-13-17)21(27)24-20-12-15(2-4-18(20)22)16-6-11-28-14-16;1-15(2,3)20-14(18)17-13-5-4-10(8-12(13)16)11-6-7-19-9-11;1-13-4-6-14(7-5-13)9-2-3-10(11(15)16)12-8-9/h5-9,14-17H,10-13H2,1-4H3,(H,28,32)(H,29,33);2-6,11-14H,7-10,22H2,1H3,(H,24,27);4-9H,16H2,1-3H3,(H,17,18);2-3,8H,4-7H2,1H3,(H,15,16). The Morgan fingerprint density at radius 3 is 1.11 bits per heavy atom. The molecule has 9 aromatic rings. The molecular weight excluding hydrogens is 1260 g/mol. The number of carbonyl (C=O) groups is 5. The lowest BCUT2D eigenvalue weighted by molar-refractivity contribution is 0.0624. The van der Waals surface area contributed by atoms with Crippen molar-refractivity contribution in [3.8, 4) is 33.4 Å². The van der Waals surface area contributed by atoms with Crippen LogP contribution in [0.1, 0.15) is 73.0 Å². The number of aromatic nitrogens is 3. The van der Waals surface area contributed by atoms with Gasteiger partial charge in [0.05, 0.1) is 107 Å². The second kappa shape index (κ2) is 33.2. The van der Waals surface area contributed by atoms with Crippen LogP contribution in [0.25, 0.3) is 33.4 Å². The van der Waals surface area contributed by atoms with Crippen molar-refractivity contribution < 1.29 is 51.8 Å². The van der Waals surface area contributed by atoms with E-state index in [1.165, 1.54) is 0 Å². The van der Waals surface area contributed by atoms with Gasteiger partial charge in [-0.05, 0) is 170 Å². The minimum Gasteiger partial charge on any atom is -0.477 e. The van der Waals surface area contributed by atoms with Crippen LogP contribution < -0.4 is 47.4 Å². The zero-order valence-corrected chi connectivity index (χ0v) is 57.3. The number of furan rings is 3. The van der Waals surface area contributed by atoms with Crippen molar-refractivity contribution in [3.05, 3.63) is 182 Å². The van der Waals surface area contributed by atoms with Gasteiger partial charge in [-0.25, -0.2) is 29.3 Å². The summed E-state index contributed by atoms with van der Waals surface area (Å²) in [5, 5.41) is 19.8. The van der Waals surface area contributed by atoms with Gasteiger partial charge in [0.2, 0.25) is 0 Å². The van der Waals surface area contributed by atoms with Gasteiger partial charge < -0.3 is 79.3 Å². The molecule has 0 unspecified atom stereocenters. The fraction of sp³-hybridized carbons (Fsp3) is 0.315. The Bertz CT molecular complexity index is 4100. The zero-order valence-electron chi connectivity index (χ0n) is 57.3. The molecule has 0 radical (unpaired) electrons. The van der Waals surface area contributed by atoms with E-state index >= 15 is 0 Å². The number of pyridine rings is 3. The number of hydrogen-bond donors (Lipinski definition) is 7. The van der Waals surface area contributed by atoms with Gasteiger partial charge in [0.25, 0.3) is 11.8 Å². The first kappa shape index (κ1) is 72.1. The number of nitrogens with one attached hydrogen (secondary N) is 4. The Hall–Kier alpha value is -11.2. The van der Waals surface area contributed by atoms with Gasteiger partial charge in [0, 0.05) is 95.2 Å². The van der Waals surface area contributed by atoms with E-state index in [0.717, 1.165) is 129 Å². The first-order chi connectivity index (χ1) is 47.3. The number of nitrogen functional groups attached to an aromatic ring is 2. The Kier molecular flexibility index (Phi) is 24.1. The Morgan fingerprint density at radius 2 is 0.758 bits per heavy atom. The quantitative estimate of drug-likeness (QED) is 0.0527. The molecule has 9 heterocycles. The number of aromatic carboxylic acids is 1. The molecule has 6 aromatic heterocycles. The fourth-order valence-corrected chi connectivity index (χ4v) is 10.4. The summed E-state index contributed by atoms with van der Waals surface area (Å²) in [6.07, 6.45) is 13.6. The molecule has 520 valence electrons. The van der Waals surface area contributed by atoms with E-state index in [9.17, 15) is 24.0 Å². The van der Waals surface area contributed by atoms with Crippen LogP contribution in [0.15, 0.2) is 179 Å². The zero-order chi connectivity index (χ0) is 70.8. The van der Waals surface area contributed by atoms with Gasteiger partial charge in [-0.1, -0.05) is 18.2 Å². The third-order valence-corrected chi connectivity index (χ3v) is 16.0. The van der Waals surface area contributed by atoms with E-state index in [2.05, 4.69) is 86.8 Å². The van der Waals surface area contributed by atoms with Crippen molar-refractivity contribution in [1.82, 2.24) is 29.7 Å². The van der Waals surface area contributed by atoms with Crippen LogP contribution >= 0.6 is 0 Å². The first-order valence-electron chi connectivity index (χ1n) is 32.3. The number of carboxylic acid groups (broad SMARTS) is 1. The summed E-state index contributed by atoms with van der Waals surface area (Å²) in [6.45, 7) is 22.5. The van der Waals surface area contributed by atoms with Crippen LogP contribution in [0.4, 0.5) is 60.8 Å². The maximum atomic E-state index is 13.1. The summed E-state index contributed by atoms with van der Waals surface area (Å²) in [5.41, 5.74) is 22.7. The number of likely N-dealkylation sites (N-methyl/N-ethyl adjacent to an activating group) is 3. The topological polar surface area (TPSA) is 322 Å². The first-order valence-corrected chi connectivity index (χ1v) is 32.3. The normalized spacial score (nSPS) is 14.4. The minimum absolute atomic E-state index is 0.0953. The van der Waals surface area contributed by atoms with Crippen LogP contribution in [-0.2, 0) is 9.47 Å². The number of ether oxygens (including phenoxy) is 2. The molecule has 3 saturated heterocycles. The lowest BCUT2D eigenvalue weighted by Crippen LogP contribution is -2.44. The van der Waals surface area contributed by atoms with Gasteiger partial charge in [-0.15, -0.1) is 0 Å². The maximum Gasteiger partial charge on any atom is 0.412 e. The van der Waals surface area contributed by atoms with Crippen LogP contribution in [0.3, 0.4) is 0 Å². The largest absolute Gasteiger partial charge is 0.477 e. The predicted molar refractivity (Wildman–Crippen MR) is 386 cm³/mol. The molecule has 9 N–H and O–H groups in total. The summed E-state index contributed by atoms with van der Waals surface area (Å²) in [4.78, 5) is 86.7. The molecule has 0 aliphatic carbocycles. The van der Waals surface area contributed by atoms with Gasteiger partial charge in [-0.2, -0.15) is 0 Å². The number of rotatable bonds is 13. The number of carbonyl (C=O) groups excluding carboxylic acids is 4. The summed E-state index contributed by atoms with van der Waals surface area (Å²) in [5.74, 6) is -1.66. The average molecular weight is 1350 g/mol. The number of anilines is 9. The minimum atomic E-state index is -0.982. The van der Waals surface area contributed by atoms with Gasteiger partial charge >= 0.3 is 18.2 Å². The SMILES string of the molecule is CC(C)(C)OC(=O)Nc1ccc(-c2ccoc2)cc1N.CN1CCN(c2ccc(C(=O)Nc3cc(-c4ccoc4)ccc3N)nc2)CC1.CN1CCN(c2ccc(C(=O)Nc3cc(-c4ccoc4)ccc3NC(=O)OC(C)(C)C)nc2)CC1.CN1CCN(c2ccc(C(=O)O)nc2)CC1. The molecule has 12 rings (SSSR count). The van der Waals surface area contributed by atoms with Crippen molar-refractivity contribution in [2.75, 3.05) is 147 Å². The molecule has 0 spiro atoms. The number of piperazine rings is 3. The smallest absolute Gasteiger partial charge is 0.412 e. The van der Waals surface area contributed by atoms with Crippen LogP contribution in [0.2, 0.25) is 0 Å². The molecule has 0 bridgehead atoms.